The highest BCUT2D eigenvalue weighted by molar-refractivity contribution is 5.94. The molecule has 4 nitrogen and oxygen atoms in total. The van der Waals surface area contributed by atoms with Crippen LogP contribution in [0.15, 0.2) is 0 Å². The van der Waals surface area contributed by atoms with Crippen LogP contribution in [0.25, 0.3) is 0 Å². The highest BCUT2D eigenvalue weighted by atomic mass is 16.6. The van der Waals surface area contributed by atoms with Crippen LogP contribution in [0.5, 0.6) is 0 Å². The van der Waals surface area contributed by atoms with E-state index in [0.717, 1.165) is 0 Å². The predicted octanol–water partition coefficient (Wildman–Crippen LogP) is -0.575. The van der Waals surface area contributed by atoms with Crippen LogP contribution in [0.3, 0.4) is 0 Å². The van der Waals surface area contributed by atoms with Gasteiger partial charge in [0.25, 0.3) is 0 Å². The first-order valence-electron chi connectivity index (χ1n) is 3.18. The van der Waals surface area contributed by atoms with Gasteiger partial charge < -0.3 is 10.5 Å². The van der Waals surface area contributed by atoms with E-state index in [1.807, 2.05) is 0 Å². The molecule has 0 radical (unpaired) electrons. The third-order valence-electron chi connectivity index (χ3n) is 1.48. The Kier molecular flexibility index (Phi) is 2.01. The molecule has 2 N–H and O–H groups in total. The standard InChI is InChI=1S/C6H9NO3/c7-2-1-4-3-5(8)10-6(4)9/h4H,1-3,7H2. The van der Waals surface area contributed by atoms with E-state index in [9.17, 15) is 9.59 Å². The molecule has 0 amide bonds. The van der Waals surface area contributed by atoms with E-state index in [1.54, 1.807) is 0 Å². The molecule has 0 bridgehead atoms. The Morgan fingerprint density at radius 1 is 1.60 bits per heavy atom. The summed E-state index contributed by atoms with van der Waals surface area (Å²) in [4.78, 5) is 21.1. The van der Waals surface area contributed by atoms with Gasteiger partial charge in [-0.05, 0) is 13.0 Å². The summed E-state index contributed by atoms with van der Waals surface area (Å²) in [5.41, 5.74) is 5.20. The minimum Gasteiger partial charge on any atom is -0.393 e. The molecule has 56 valence electrons. The molecule has 0 aliphatic carbocycles. The molecule has 1 atom stereocenters. The lowest BCUT2D eigenvalue weighted by atomic mass is 10.0. The van der Waals surface area contributed by atoms with Crippen LogP contribution >= 0.6 is 0 Å². The van der Waals surface area contributed by atoms with Crippen LogP contribution in [0.4, 0.5) is 0 Å². The fourth-order valence-electron chi connectivity index (χ4n) is 0.943. The largest absolute Gasteiger partial charge is 0.393 e. The van der Waals surface area contributed by atoms with Crippen LogP contribution in [0.2, 0.25) is 0 Å². The molecular formula is C6H9NO3. The minimum absolute atomic E-state index is 0.204. The Balaban J connectivity index is 2.46. The van der Waals surface area contributed by atoms with E-state index < -0.39 is 11.9 Å². The SMILES string of the molecule is NCCC1CC(=O)OC1=O. The molecule has 1 aliphatic heterocycles. The molecule has 1 aliphatic rings. The van der Waals surface area contributed by atoms with Crippen molar-refractivity contribution in [3.8, 4) is 0 Å². The van der Waals surface area contributed by atoms with Gasteiger partial charge in [0.2, 0.25) is 0 Å². The first kappa shape index (κ1) is 7.21. The van der Waals surface area contributed by atoms with Crippen molar-refractivity contribution >= 4 is 11.9 Å². The van der Waals surface area contributed by atoms with E-state index in [-0.39, 0.29) is 12.3 Å². The summed E-state index contributed by atoms with van der Waals surface area (Å²) < 4.78 is 4.29. The summed E-state index contributed by atoms with van der Waals surface area (Å²) >= 11 is 0. The molecule has 0 aromatic carbocycles. The highest BCUT2D eigenvalue weighted by Gasteiger charge is 2.32. The number of carbonyl (C=O) groups is 2. The maximum Gasteiger partial charge on any atom is 0.317 e. The second-order valence-electron chi connectivity index (χ2n) is 2.27. The van der Waals surface area contributed by atoms with Gasteiger partial charge in [-0.15, -0.1) is 0 Å². The Morgan fingerprint density at radius 3 is 2.70 bits per heavy atom. The van der Waals surface area contributed by atoms with Crippen LogP contribution in [0.1, 0.15) is 12.8 Å². The first-order valence-corrected chi connectivity index (χ1v) is 3.18. The summed E-state index contributed by atoms with van der Waals surface area (Å²) in [6.45, 7) is 0.424. The number of nitrogens with two attached hydrogens (primary N) is 1. The van der Waals surface area contributed by atoms with Gasteiger partial charge in [-0.2, -0.15) is 0 Å². The average molecular weight is 143 g/mol. The third-order valence-corrected chi connectivity index (χ3v) is 1.48. The summed E-state index contributed by atoms with van der Waals surface area (Å²) in [7, 11) is 0. The van der Waals surface area contributed by atoms with Gasteiger partial charge >= 0.3 is 11.9 Å². The fourth-order valence-corrected chi connectivity index (χ4v) is 0.943. The number of cyclic esters (lactones) is 2. The second kappa shape index (κ2) is 2.79. The van der Waals surface area contributed by atoms with Crippen molar-refractivity contribution in [1.29, 1.82) is 0 Å². The van der Waals surface area contributed by atoms with Crippen molar-refractivity contribution < 1.29 is 14.3 Å². The van der Waals surface area contributed by atoms with Gasteiger partial charge in [0.15, 0.2) is 0 Å². The van der Waals surface area contributed by atoms with E-state index in [2.05, 4.69) is 4.74 Å². The van der Waals surface area contributed by atoms with Crippen molar-refractivity contribution in [2.75, 3.05) is 6.54 Å². The zero-order chi connectivity index (χ0) is 7.56. The predicted molar refractivity (Wildman–Crippen MR) is 32.9 cm³/mol. The van der Waals surface area contributed by atoms with Gasteiger partial charge in [-0.3, -0.25) is 9.59 Å². The van der Waals surface area contributed by atoms with Crippen LogP contribution in [-0.4, -0.2) is 18.5 Å². The summed E-state index contributed by atoms with van der Waals surface area (Å²) in [6.07, 6.45) is 0.751. The monoisotopic (exact) mass is 143 g/mol. The van der Waals surface area contributed by atoms with Gasteiger partial charge in [0, 0.05) is 0 Å². The van der Waals surface area contributed by atoms with Crippen molar-refractivity contribution in [1.82, 2.24) is 0 Å². The minimum atomic E-state index is -0.427. The maximum absolute atomic E-state index is 10.7. The lowest BCUT2D eigenvalue weighted by Crippen LogP contribution is -2.12. The van der Waals surface area contributed by atoms with Gasteiger partial charge in [-0.1, -0.05) is 0 Å². The Hall–Kier alpha value is -0.900. The number of carbonyl (C=O) groups excluding carboxylic acids is 2. The average Bonchev–Trinajstić information content (AvgIpc) is 2.13. The lowest BCUT2D eigenvalue weighted by molar-refractivity contribution is -0.153. The van der Waals surface area contributed by atoms with Gasteiger partial charge in [0.05, 0.1) is 12.3 Å². The van der Waals surface area contributed by atoms with E-state index >= 15 is 0 Å². The molecule has 1 fully saturated rings. The zero-order valence-corrected chi connectivity index (χ0v) is 5.50. The number of ether oxygens (including phenoxy) is 1. The second-order valence-corrected chi connectivity index (χ2v) is 2.27. The summed E-state index contributed by atoms with van der Waals surface area (Å²) in [5, 5.41) is 0. The molecule has 0 aromatic rings. The molecule has 10 heavy (non-hydrogen) atoms. The normalized spacial score (nSPS) is 25.1. The molecule has 1 heterocycles. The highest BCUT2D eigenvalue weighted by Crippen LogP contribution is 2.17. The molecule has 4 heteroatoms. The third kappa shape index (κ3) is 1.33. The molecule has 0 spiro atoms. The molecule has 0 aromatic heterocycles. The molecular weight excluding hydrogens is 134 g/mol. The molecule has 1 saturated heterocycles. The first-order chi connectivity index (χ1) is 4.74. The topological polar surface area (TPSA) is 69.4 Å². The Bertz CT molecular complexity index is 166. The molecule has 0 saturated carbocycles. The fraction of sp³-hybridized carbons (Fsp3) is 0.667. The summed E-state index contributed by atoms with van der Waals surface area (Å²) in [5.74, 6) is -1.13. The van der Waals surface area contributed by atoms with Gasteiger partial charge in [0.1, 0.15) is 0 Å². The Morgan fingerprint density at radius 2 is 2.30 bits per heavy atom. The quantitative estimate of drug-likeness (QED) is 0.415. The lowest BCUT2D eigenvalue weighted by Gasteiger charge is -1.98. The van der Waals surface area contributed by atoms with Crippen molar-refractivity contribution in [2.45, 2.75) is 12.8 Å². The van der Waals surface area contributed by atoms with E-state index in [4.69, 9.17) is 5.73 Å². The van der Waals surface area contributed by atoms with Crippen molar-refractivity contribution in [3.63, 3.8) is 0 Å². The van der Waals surface area contributed by atoms with E-state index in [1.165, 1.54) is 0 Å². The van der Waals surface area contributed by atoms with E-state index in [0.29, 0.717) is 13.0 Å². The number of rotatable bonds is 2. The van der Waals surface area contributed by atoms with Crippen molar-refractivity contribution in [2.24, 2.45) is 11.7 Å². The number of hydrogen-bond donors (Lipinski definition) is 1. The maximum atomic E-state index is 10.7. The smallest absolute Gasteiger partial charge is 0.317 e. The number of hydrogen-bond acceptors (Lipinski definition) is 4. The number of esters is 2. The summed E-state index contributed by atoms with van der Waals surface area (Å²) in [6, 6.07) is 0. The van der Waals surface area contributed by atoms with Crippen molar-refractivity contribution in [3.05, 3.63) is 0 Å². The molecule has 1 rings (SSSR count). The molecule has 1 unspecified atom stereocenters. The van der Waals surface area contributed by atoms with Crippen LogP contribution in [-0.2, 0) is 14.3 Å². The van der Waals surface area contributed by atoms with Crippen LogP contribution in [0, 0.1) is 5.92 Å². The Labute approximate surface area is 58.3 Å². The van der Waals surface area contributed by atoms with Gasteiger partial charge in [-0.25, -0.2) is 0 Å². The van der Waals surface area contributed by atoms with Crippen LogP contribution < -0.4 is 5.73 Å². The zero-order valence-electron chi connectivity index (χ0n) is 5.50.